The van der Waals surface area contributed by atoms with Crippen LogP contribution in [-0.4, -0.2) is 35.0 Å². The molecule has 0 saturated carbocycles. The zero-order chi connectivity index (χ0) is 15.0. The van der Waals surface area contributed by atoms with Gasteiger partial charge in [0.15, 0.2) is 0 Å². The number of aromatic nitrogens is 1. The minimum absolute atomic E-state index is 0.0487. The van der Waals surface area contributed by atoms with Crippen molar-refractivity contribution in [3.8, 4) is 6.07 Å². The van der Waals surface area contributed by atoms with Gasteiger partial charge in [-0.1, -0.05) is 0 Å². The average molecular weight is 274 g/mol. The van der Waals surface area contributed by atoms with Gasteiger partial charge in [0.1, 0.15) is 11.8 Å². The summed E-state index contributed by atoms with van der Waals surface area (Å²) in [5, 5.41) is 18.3. The van der Waals surface area contributed by atoms with Crippen LogP contribution in [0.25, 0.3) is 0 Å². The van der Waals surface area contributed by atoms with Gasteiger partial charge < -0.3 is 14.4 Å². The van der Waals surface area contributed by atoms with E-state index in [1.165, 1.54) is 0 Å². The minimum atomic E-state index is -0.545. The fourth-order valence-electron chi connectivity index (χ4n) is 2.17. The van der Waals surface area contributed by atoms with Crippen molar-refractivity contribution in [2.75, 3.05) is 6.61 Å². The van der Waals surface area contributed by atoms with Crippen LogP contribution in [0.4, 0.5) is 0 Å². The van der Waals surface area contributed by atoms with E-state index in [-0.39, 0.29) is 6.61 Å². The van der Waals surface area contributed by atoms with E-state index in [4.69, 9.17) is 14.6 Å². The van der Waals surface area contributed by atoms with E-state index >= 15 is 0 Å². The molecule has 1 saturated heterocycles. The Labute approximate surface area is 119 Å². The van der Waals surface area contributed by atoms with Gasteiger partial charge in [-0.2, -0.15) is 5.26 Å². The van der Waals surface area contributed by atoms with Crippen molar-refractivity contribution in [3.63, 3.8) is 0 Å². The van der Waals surface area contributed by atoms with Gasteiger partial charge in [-0.25, -0.2) is 4.98 Å². The Hall–Kier alpha value is -1.42. The van der Waals surface area contributed by atoms with Crippen molar-refractivity contribution in [2.45, 2.75) is 45.3 Å². The second kappa shape index (κ2) is 5.17. The Balaban J connectivity index is 2.43. The lowest BCUT2D eigenvalue weighted by Crippen LogP contribution is -2.41. The Morgan fingerprint density at radius 2 is 1.90 bits per heavy atom. The molecule has 0 aliphatic carbocycles. The highest BCUT2D eigenvalue weighted by Crippen LogP contribution is 2.36. The third kappa shape index (κ3) is 2.45. The molecule has 1 aliphatic heterocycles. The standard InChI is InChI=1S/C14H19BN2O3/c1-13(2)14(3,4)20-15(19-13)11-5-7-17-12(9-16)10(11)6-8-18/h5,7,18H,6,8H2,1-4H3. The summed E-state index contributed by atoms with van der Waals surface area (Å²) in [6.07, 6.45) is 1.93. The third-order valence-corrected chi connectivity index (χ3v) is 4.07. The van der Waals surface area contributed by atoms with Gasteiger partial charge in [0, 0.05) is 12.8 Å². The number of pyridine rings is 1. The van der Waals surface area contributed by atoms with E-state index in [0.717, 1.165) is 5.46 Å². The van der Waals surface area contributed by atoms with E-state index in [2.05, 4.69) is 11.1 Å². The number of aliphatic hydroxyl groups is 1. The van der Waals surface area contributed by atoms with E-state index < -0.39 is 18.3 Å². The summed E-state index contributed by atoms with van der Waals surface area (Å²) in [4.78, 5) is 4.04. The molecule has 6 heteroatoms. The predicted molar refractivity (Wildman–Crippen MR) is 75.5 cm³/mol. The average Bonchev–Trinajstić information content (AvgIpc) is 2.59. The molecular formula is C14H19BN2O3. The van der Waals surface area contributed by atoms with Gasteiger partial charge in [0.25, 0.3) is 0 Å². The van der Waals surface area contributed by atoms with E-state index in [0.29, 0.717) is 17.7 Å². The second-order valence-electron chi connectivity index (χ2n) is 5.90. The van der Waals surface area contributed by atoms with Gasteiger partial charge in [0.05, 0.1) is 11.2 Å². The molecule has 0 atom stereocenters. The summed E-state index contributed by atoms with van der Waals surface area (Å²) in [6, 6.07) is 3.84. The molecule has 0 spiro atoms. The van der Waals surface area contributed by atoms with Gasteiger partial charge in [0.2, 0.25) is 0 Å². The van der Waals surface area contributed by atoms with Crippen LogP contribution >= 0.6 is 0 Å². The topological polar surface area (TPSA) is 75.4 Å². The number of rotatable bonds is 3. The van der Waals surface area contributed by atoms with Crippen molar-refractivity contribution < 1.29 is 14.4 Å². The maximum Gasteiger partial charge on any atom is 0.495 e. The molecule has 2 heterocycles. The van der Waals surface area contributed by atoms with Gasteiger partial charge >= 0.3 is 7.12 Å². The van der Waals surface area contributed by atoms with E-state index in [1.807, 2.05) is 27.7 Å². The Kier molecular flexibility index (Phi) is 3.87. The maximum atomic E-state index is 9.19. The summed E-state index contributed by atoms with van der Waals surface area (Å²) < 4.78 is 12.0. The Morgan fingerprint density at radius 3 is 2.40 bits per heavy atom. The van der Waals surface area contributed by atoms with Gasteiger partial charge in [-0.15, -0.1) is 0 Å². The lowest BCUT2D eigenvalue weighted by atomic mass is 9.75. The first-order valence-electron chi connectivity index (χ1n) is 6.67. The molecule has 1 aliphatic rings. The number of hydrogen-bond donors (Lipinski definition) is 1. The summed E-state index contributed by atoms with van der Waals surface area (Å²) in [6.45, 7) is 7.86. The lowest BCUT2D eigenvalue weighted by Gasteiger charge is -2.32. The number of aliphatic hydroxyl groups excluding tert-OH is 1. The highest BCUT2D eigenvalue weighted by atomic mass is 16.7. The molecule has 0 unspecified atom stereocenters. The zero-order valence-electron chi connectivity index (χ0n) is 12.3. The van der Waals surface area contributed by atoms with Crippen molar-refractivity contribution in [3.05, 3.63) is 23.5 Å². The molecule has 5 nitrogen and oxygen atoms in total. The second-order valence-corrected chi connectivity index (χ2v) is 5.90. The fraction of sp³-hybridized carbons (Fsp3) is 0.571. The number of nitrogens with zero attached hydrogens (tertiary/aromatic N) is 2. The smallest absolute Gasteiger partial charge is 0.399 e. The largest absolute Gasteiger partial charge is 0.495 e. The molecule has 106 valence electrons. The van der Waals surface area contributed by atoms with Crippen molar-refractivity contribution in [1.29, 1.82) is 5.26 Å². The molecule has 20 heavy (non-hydrogen) atoms. The summed E-state index contributed by atoms with van der Waals surface area (Å²) >= 11 is 0. The molecule has 0 aromatic carbocycles. The summed E-state index contributed by atoms with van der Waals surface area (Å²) in [7, 11) is -0.545. The lowest BCUT2D eigenvalue weighted by molar-refractivity contribution is 0.00578. The highest BCUT2D eigenvalue weighted by Gasteiger charge is 2.52. The molecule has 0 radical (unpaired) electrons. The molecular weight excluding hydrogens is 255 g/mol. The molecule has 0 amide bonds. The third-order valence-electron chi connectivity index (χ3n) is 4.07. The fourth-order valence-corrected chi connectivity index (χ4v) is 2.17. The minimum Gasteiger partial charge on any atom is -0.399 e. The molecule has 1 aromatic rings. The Bertz CT molecular complexity index is 536. The monoisotopic (exact) mass is 274 g/mol. The first kappa shape index (κ1) is 15.0. The van der Waals surface area contributed by atoms with Crippen molar-refractivity contribution in [2.24, 2.45) is 0 Å². The van der Waals surface area contributed by atoms with Crippen LogP contribution in [0, 0.1) is 11.3 Å². The predicted octanol–water partition coefficient (Wildman–Crippen LogP) is 0.787. The zero-order valence-corrected chi connectivity index (χ0v) is 12.3. The quantitative estimate of drug-likeness (QED) is 0.825. The Morgan fingerprint density at radius 1 is 1.30 bits per heavy atom. The molecule has 0 bridgehead atoms. The van der Waals surface area contributed by atoms with E-state index in [1.54, 1.807) is 12.3 Å². The normalized spacial score (nSPS) is 19.9. The van der Waals surface area contributed by atoms with Crippen LogP contribution in [0.2, 0.25) is 0 Å². The number of hydrogen-bond acceptors (Lipinski definition) is 5. The van der Waals surface area contributed by atoms with Crippen molar-refractivity contribution in [1.82, 2.24) is 4.98 Å². The van der Waals surface area contributed by atoms with Crippen LogP contribution in [0.3, 0.4) is 0 Å². The van der Waals surface area contributed by atoms with Crippen molar-refractivity contribution >= 4 is 12.6 Å². The molecule has 1 aromatic heterocycles. The summed E-state index contributed by atoms with van der Waals surface area (Å²) in [5.74, 6) is 0. The van der Waals surface area contributed by atoms with Crippen LogP contribution in [0.15, 0.2) is 12.3 Å². The maximum absolute atomic E-state index is 9.19. The van der Waals surface area contributed by atoms with E-state index in [9.17, 15) is 5.11 Å². The van der Waals surface area contributed by atoms with Gasteiger partial charge in [-0.3, -0.25) is 0 Å². The number of nitriles is 1. The molecule has 2 rings (SSSR count). The SMILES string of the molecule is CC1(C)OB(c2ccnc(C#N)c2CCO)OC1(C)C. The highest BCUT2D eigenvalue weighted by molar-refractivity contribution is 6.62. The molecule has 1 N–H and O–H groups in total. The van der Waals surface area contributed by atoms with Crippen LogP contribution in [0.1, 0.15) is 39.0 Å². The summed E-state index contributed by atoms with van der Waals surface area (Å²) in [5.41, 5.74) is 0.889. The van der Waals surface area contributed by atoms with Gasteiger partial charge in [-0.05, 0) is 51.2 Å². The van der Waals surface area contributed by atoms with Crippen LogP contribution in [-0.2, 0) is 15.7 Å². The first-order chi connectivity index (χ1) is 9.32. The van der Waals surface area contributed by atoms with Crippen LogP contribution in [0.5, 0.6) is 0 Å². The molecule has 1 fully saturated rings. The first-order valence-corrected chi connectivity index (χ1v) is 6.67. The van der Waals surface area contributed by atoms with Crippen LogP contribution < -0.4 is 5.46 Å².